The number of nitrogens with two attached hydrogens (primary N) is 1. The van der Waals surface area contributed by atoms with Crippen molar-refractivity contribution in [1.29, 1.82) is 0 Å². The lowest BCUT2D eigenvalue weighted by molar-refractivity contribution is -0.139. The molecule has 1 aliphatic carbocycles. The highest BCUT2D eigenvalue weighted by Crippen LogP contribution is 2.31. The number of piperidine rings is 1. The molecule has 0 aromatic heterocycles. The Morgan fingerprint density at radius 2 is 1.95 bits per heavy atom. The van der Waals surface area contributed by atoms with Crippen LogP contribution in [0, 0.1) is 11.8 Å². The van der Waals surface area contributed by atoms with Gasteiger partial charge in [0, 0.05) is 32.2 Å². The predicted octanol–water partition coefficient (Wildman–Crippen LogP) is 1.78. The normalized spacial score (nSPS) is 31.2. The Kier molecular flexibility index (Phi) is 5.22. The first-order chi connectivity index (χ1) is 9.11. The van der Waals surface area contributed by atoms with Crippen LogP contribution >= 0.6 is 0 Å². The molecule has 19 heavy (non-hydrogen) atoms. The van der Waals surface area contributed by atoms with E-state index in [1.807, 2.05) is 4.90 Å². The first-order valence-corrected chi connectivity index (χ1v) is 7.69. The van der Waals surface area contributed by atoms with Crippen LogP contribution in [-0.2, 0) is 9.53 Å². The van der Waals surface area contributed by atoms with E-state index in [4.69, 9.17) is 10.5 Å². The Hall–Kier alpha value is -0.610. The Labute approximate surface area is 116 Å². The van der Waals surface area contributed by atoms with Crippen LogP contribution < -0.4 is 5.73 Å². The summed E-state index contributed by atoms with van der Waals surface area (Å²) in [6, 6.07) is 0.299. The summed E-state index contributed by atoms with van der Waals surface area (Å²) >= 11 is 0. The molecule has 0 aromatic carbocycles. The van der Waals surface area contributed by atoms with Gasteiger partial charge in [-0.05, 0) is 38.0 Å². The number of nitrogens with zero attached hydrogens (tertiary/aromatic N) is 1. The molecule has 0 radical (unpaired) electrons. The zero-order chi connectivity index (χ0) is 13.8. The Bertz CT molecular complexity index is 301. The van der Waals surface area contributed by atoms with Gasteiger partial charge in [-0.1, -0.05) is 13.3 Å². The minimum absolute atomic E-state index is 0.130. The van der Waals surface area contributed by atoms with Crippen LogP contribution in [0.5, 0.6) is 0 Å². The fourth-order valence-electron chi connectivity index (χ4n) is 3.52. The van der Waals surface area contributed by atoms with Crippen molar-refractivity contribution in [1.82, 2.24) is 4.90 Å². The molecule has 4 heteroatoms. The lowest BCUT2D eigenvalue weighted by atomic mass is 9.78. The van der Waals surface area contributed by atoms with Crippen LogP contribution in [0.15, 0.2) is 0 Å². The van der Waals surface area contributed by atoms with Gasteiger partial charge in [-0.15, -0.1) is 0 Å². The Morgan fingerprint density at radius 1 is 1.26 bits per heavy atom. The Balaban J connectivity index is 1.85. The molecular weight excluding hydrogens is 240 g/mol. The number of ether oxygens (including phenoxy) is 1. The van der Waals surface area contributed by atoms with E-state index in [9.17, 15) is 4.79 Å². The number of amides is 1. The minimum Gasteiger partial charge on any atom is -0.381 e. The van der Waals surface area contributed by atoms with E-state index in [1.165, 1.54) is 6.42 Å². The highest BCUT2D eigenvalue weighted by molar-refractivity contribution is 5.78. The fourth-order valence-corrected chi connectivity index (χ4v) is 3.52. The van der Waals surface area contributed by atoms with Crippen molar-refractivity contribution in [3.63, 3.8) is 0 Å². The SMILES string of the molecule is COC1CCN(C(=O)C(C)C2CCCC(N)C2)CC1. The molecule has 1 saturated carbocycles. The summed E-state index contributed by atoms with van der Waals surface area (Å²) in [6.45, 7) is 3.79. The molecule has 3 atom stereocenters. The lowest BCUT2D eigenvalue weighted by Crippen LogP contribution is -2.45. The number of methoxy groups -OCH3 is 1. The van der Waals surface area contributed by atoms with Crippen molar-refractivity contribution in [2.75, 3.05) is 20.2 Å². The molecule has 0 aromatic rings. The van der Waals surface area contributed by atoms with Crippen molar-refractivity contribution < 1.29 is 9.53 Å². The van der Waals surface area contributed by atoms with Gasteiger partial charge in [0.15, 0.2) is 0 Å². The van der Waals surface area contributed by atoms with E-state index in [1.54, 1.807) is 7.11 Å². The number of hydrogen-bond donors (Lipinski definition) is 1. The average Bonchev–Trinajstić information content (AvgIpc) is 2.46. The minimum atomic E-state index is 0.130. The number of hydrogen-bond acceptors (Lipinski definition) is 3. The maximum absolute atomic E-state index is 12.5. The molecule has 0 bridgehead atoms. The molecule has 2 rings (SSSR count). The Morgan fingerprint density at radius 3 is 2.53 bits per heavy atom. The summed E-state index contributed by atoms with van der Waals surface area (Å²) in [5.41, 5.74) is 6.04. The van der Waals surface area contributed by atoms with Crippen molar-refractivity contribution in [3.05, 3.63) is 0 Å². The van der Waals surface area contributed by atoms with Gasteiger partial charge in [-0.2, -0.15) is 0 Å². The topological polar surface area (TPSA) is 55.6 Å². The van der Waals surface area contributed by atoms with E-state index < -0.39 is 0 Å². The maximum Gasteiger partial charge on any atom is 0.225 e. The van der Waals surface area contributed by atoms with Crippen molar-refractivity contribution in [2.45, 2.75) is 57.6 Å². The fraction of sp³-hybridized carbons (Fsp3) is 0.933. The summed E-state index contributed by atoms with van der Waals surface area (Å²) in [4.78, 5) is 14.6. The van der Waals surface area contributed by atoms with Gasteiger partial charge in [0.05, 0.1) is 6.10 Å². The van der Waals surface area contributed by atoms with E-state index in [2.05, 4.69) is 6.92 Å². The third-order valence-corrected chi connectivity index (χ3v) is 4.94. The van der Waals surface area contributed by atoms with Gasteiger partial charge < -0.3 is 15.4 Å². The first-order valence-electron chi connectivity index (χ1n) is 7.69. The van der Waals surface area contributed by atoms with Crippen LogP contribution in [0.4, 0.5) is 0 Å². The highest BCUT2D eigenvalue weighted by atomic mass is 16.5. The number of carbonyl (C=O) groups is 1. The molecular formula is C15H28N2O2. The summed E-state index contributed by atoms with van der Waals surface area (Å²) in [5, 5.41) is 0. The zero-order valence-corrected chi connectivity index (χ0v) is 12.3. The third-order valence-electron chi connectivity index (χ3n) is 4.94. The lowest BCUT2D eigenvalue weighted by Gasteiger charge is -2.36. The van der Waals surface area contributed by atoms with E-state index >= 15 is 0 Å². The van der Waals surface area contributed by atoms with E-state index in [0.29, 0.717) is 24.0 Å². The van der Waals surface area contributed by atoms with Gasteiger partial charge in [0.25, 0.3) is 0 Å². The zero-order valence-electron chi connectivity index (χ0n) is 12.3. The molecule has 2 N–H and O–H groups in total. The maximum atomic E-state index is 12.5. The van der Waals surface area contributed by atoms with Crippen LogP contribution in [-0.4, -0.2) is 43.2 Å². The molecule has 2 fully saturated rings. The molecule has 1 amide bonds. The molecule has 1 saturated heterocycles. The molecule has 1 heterocycles. The van der Waals surface area contributed by atoms with Crippen molar-refractivity contribution in [2.24, 2.45) is 17.6 Å². The van der Waals surface area contributed by atoms with Crippen LogP contribution in [0.25, 0.3) is 0 Å². The van der Waals surface area contributed by atoms with Crippen molar-refractivity contribution >= 4 is 5.91 Å². The number of likely N-dealkylation sites (tertiary alicyclic amines) is 1. The summed E-state index contributed by atoms with van der Waals surface area (Å²) in [7, 11) is 1.76. The second-order valence-electron chi connectivity index (χ2n) is 6.24. The van der Waals surface area contributed by atoms with Crippen molar-refractivity contribution in [3.8, 4) is 0 Å². The second-order valence-corrected chi connectivity index (χ2v) is 6.24. The number of rotatable bonds is 3. The van der Waals surface area contributed by atoms with E-state index in [-0.39, 0.29) is 5.92 Å². The highest BCUT2D eigenvalue weighted by Gasteiger charge is 2.32. The van der Waals surface area contributed by atoms with Gasteiger partial charge in [0.2, 0.25) is 5.91 Å². The van der Waals surface area contributed by atoms with Gasteiger partial charge in [-0.25, -0.2) is 0 Å². The molecule has 2 aliphatic rings. The summed E-state index contributed by atoms with van der Waals surface area (Å²) < 4.78 is 5.36. The van der Waals surface area contributed by atoms with Crippen LogP contribution in [0.2, 0.25) is 0 Å². The quantitative estimate of drug-likeness (QED) is 0.849. The standard InChI is InChI=1S/C15H28N2O2/c1-11(12-4-3-5-13(16)10-12)15(18)17-8-6-14(19-2)7-9-17/h11-14H,3-10,16H2,1-2H3. The van der Waals surface area contributed by atoms with Crippen LogP contribution in [0.1, 0.15) is 45.4 Å². The molecule has 1 aliphatic heterocycles. The monoisotopic (exact) mass is 268 g/mol. The number of carbonyl (C=O) groups excluding carboxylic acids is 1. The third kappa shape index (κ3) is 3.69. The van der Waals surface area contributed by atoms with Gasteiger partial charge >= 0.3 is 0 Å². The molecule has 0 spiro atoms. The van der Waals surface area contributed by atoms with E-state index in [0.717, 1.165) is 45.2 Å². The summed E-state index contributed by atoms with van der Waals surface area (Å²) in [5.74, 6) is 0.940. The van der Waals surface area contributed by atoms with Gasteiger partial charge in [0.1, 0.15) is 0 Å². The van der Waals surface area contributed by atoms with Gasteiger partial charge in [-0.3, -0.25) is 4.79 Å². The molecule has 3 unspecified atom stereocenters. The first kappa shape index (κ1) is 14.8. The van der Waals surface area contributed by atoms with Crippen LogP contribution in [0.3, 0.4) is 0 Å². The average molecular weight is 268 g/mol. The smallest absolute Gasteiger partial charge is 0.225 e. The largest absolute Gasteiger partial charge is 0.381 e. The second kappa shape index (κ2) is 6.71. The molecule has 4 nitrogen and oxygen atoms in total. The molecule has 110 valence electrons. The summed E-state index contributed by atoms with van der Waals surface area (Å²) in [6.07, 6.45) is 6.75. The predicted molar refractivity (Wildman–Crippen MR) is 75.7 cm³/mol.